The number of benzene rings is 1. The van der Waals surface area contributed by atoms with E-state index in [2.05, 4.69) is 54.2 Å². The molecule has 2 heterocycles. The highest BCUT2D eigenvalue weighted by Gasteiger charge is 2.39. The summed E-state index contributed by atoms with van der Waals surface area (Å²) in [5, 5.41) is 3.28. The van der Waals surface area contributed by atoms with Crippen LogP contribution in [0, 0.1) is 13.8 Å². The summed E-state index contributed by atoms with van der Waals surface area (Å²) in [5.41, 5.74) is 10.00. The molecule has 0 spiro atoms. The molecule has 0 bridgehead atoms. The molecule has 5 nitrogen and oxygen atoms in total. The third-order valence-electron chi connectivity index (χ3n) is 6.27. The summed E-state index contributed by atoms with van der Waals surface area (Å²) >= 11 is 0. The summed E-state index contributed by atoms with van der Waals surface area (Å²) in [6.07, 6.45) is 6.37. The SMILES string of the molecule is Cc1ccc(NC(N)=NCC2(N3CCCCC3)CCN(C)CC2)cc1C.I. The largest absolute Gasteiger partial charge is 0.370 e. The van der Waals surface area contributed by atoms with Crippen LogP contribution in [0.25, 0.3) is 0 Å². The lowest BCUT2D eigenvalue weighted by atomic mass is 9.84. The molecule has 2 saturated heterocycles. The van der Waals surface area contributed by atoms with Crippen LogP contribution in [-0.4, -0.2) is 61.1 Å². The first-order valence-electron chi connectivity index (χ1n) is 10.1. The molecular weight excluding hydrogens is 449 g/mol. The van der Waals surface area contributed by atoms with Crippen molar-refractivity contribution in [2.75, 3.05) is 45.1 Å². The number of rotatable bonds is 4. The van der Waals surface area contributed by atoms with Gasteiger partial charge in [0.1, 0.15) is 0 Å². The molecule has 2 fully saturated rings. The Morgan fingerprint density at radius 3 is 2.37 bits per heavy atom. The van der Waals surface area contributed by atoms with E-state index in [0.29, 0.717) is 5.96 Å². The molecule has 2 aliphatic heterocycles. The molecule has 1 aromatic carbocycles. The smallest absolute Gasteiger partial charge is 0.193 e. The van der Waals surface area contributed by atoms with Crippen LogP contribution in [-0.2, 0) is 0 Å². The maximum Gasteiger partial charge on any atom is 0.193 e. The molecule has 2 aliphatic rings. The van der Waals surface area contributed by atoms with E-state index in [-0.39, 0.29) is 29.5 Å². The third-order valence-corrected chi connectivity index (χ3v) is 6.27. The number of hydrogen-bond acceptors (Lipinski definition) is 3. The van der Waals surface area contributed by atoms with Gasteiger partial charge >= 0.3 is 0 Å². The summed E-state index contributed by atoms with van der Waals surface area (Å²) in [6.45, 7) is 9.77. The Morgan fingerprint density at radius 2 is 1.74 bits per heavy atom. The molecule has 6 heteroatoms. The fourth-order valence-corrected chi connectivity index (χ4v) is 4.22. The highest BCUT2D eigenvalue weighted by atomic mass is 127. The number of aliphatic imine (C=N–C) groups is 1. The van der Waals surface area contributed by atoms with Gasteiger partial charge in [-0.1, -0.05) is 12.5 Å². The van der Waals surface area contributed by atoms with Crippen molar-refractivity contribution in [2.45, 2.75) is 51.5 Å². The summed E-state index contributed by atoms with van der Waals surface area (Å²) in [5.74, 6) is 0.531. The van der Waals surface area contributed by atoms with Crippen LogP contribution >= 0.6 is 24.0 Å². The number of anilines is 1. The van der Waals surface area contributed by atoms with E-state index in [0.717, 1.165) is 25.3 Å². The van der Waals surface area contributed by atoms with Crippen LogP contribution in [0.2, 0.25) is 0 Å². The minimum atomic E-state index is 0. The van der Waals surface area contributed by atoms with E-state index < -0.39 is 0 Å². The normalized spacial score (nSPS) is 21.5. The Morgan fingerprint density at radius 1 is 1.07 bits per heavy atom. The maximum absolute atomic E-state index is 6.24. The second-order valence-corrected chi connectivity index (χ2v) is 8.20. The zero-order chi connectivity index (χ0) is 18.6. The number of nitrogens with two attached hydrogens (primary N) is 1. The second kappa shape index (κ2) is 10.1. The number of hydrogen-bond donors (Lipinski definition) is 2. The molecule has 1 aromatic rings. The lowest BCUT2D eigenvalue weighted by Crippen LogP contribution is -2.58. The molecule has 152 valence electrons. The quantitative estimate of drug-likeness (QED) is 0.389. The van der Waals surface area contributed by atoms with Crippen molar-refractivity contribution in [3.05, 3.63) is 29.3 Å². The minimum absolute atomic E-state index is 0. The van der Waals surface area contributed by atoms with E-state index in [1.807, 2.05) is 0 Å². The average Bonchev–Trinajstić information content (AvgIpc) is 2.65. The molecule has 3 rings (SSSR count). The van der Waals surface area contributed by atoms with Crippen molar-refractivity contribution in [1.29, 1.82) is 0 Å². The zero-order valence-corrected chi connectivity index (χ0v) is 19.5. The van der Waals surface area contributed by atoms with Gasteiger partial charge in [0.15, 0.2) is 5.96 Å². The van der Waals surface area contributed by atoms with E-state index in [9.17, 15) is 0 Å². The van der Waals surface area contributed by atoms with E-state index in [1.165, 1.54) is 56.3 Å². The Bertz CT molecular complexity index is 631. The van der Waals surface area contributed by atoms with Gasteiger partial charge in [0.2, 0.25) is 0 Å². The summed E-state index contributed by atoms with van der Waals surface area (Å²) in [7, 11) is 2.22. The van der Waals surface area contributed by atoms with Gasteiger partial charge in [0.25, 0.3) is 0 Å². The first-order valence-corrected chi connectivity index (χ1v) is 10.1. The highest BCUT2D eigenvalue weighted by Crippen LogP contribution is 2.31. The second-order valence-electron chi connectivity index (χ2n) is 8.20. The number of halogens is 1. The van der Waals surface area contributed by atoms with Crippen molar-refractivity contribution in [3.8, 4) is 0 Å². The number of nitrogens with one attached hydrogen (secondary N) is 1. The number of likely N-dealkylation sites (tertiary alicyclic amines) is 2. The van der Waals surface area contributed by atoms with Crippen LogP contribution < -0.4 is 11.1 Å². The number of guanidine groups is 1. The molecule has 0 saturated carbocycles. The highest BCUT2D eigenvalue weighted by molar-refractivity contribution is 14.0. The number of nitrogens with zero attached hydrogens (tertiary/aromatic N) is 3. The Kier molecular flexibility index (Phi) is 8.37. The third kappa shape index (κ3) is 5.81. The summed E-state index contributed by atoms with van der Waals surface area (Å²) < 4.78 is 0. The van der Waals surface area contributed by atoms with Crippen LogP contribution in [0.4, 0.5) is 5.69 Å². The molecule has 0 radical (unpaired) electrons. The van der Waals surface area contributed by atoms with Gasteiger partial charge in [0.05, 0.1) is 6.54 Å². The van der Waals surface area contributed by atoms with Crippen molar-refractivity contribution in [3.63, 3.8) is 0 Å². The maximum atomic E-state index is 6.24. The Hall–Kier alpha value is -0.860. The lowest BCUT2D eigenvalue weighted by molar-refractivity contribution is 0.0209. The van der Waals surface area contributed by atoms with Crippen LogP contribution in [0.15, 0.2) is 23.2 Å². The fourth-order valence-electron chi connectivity index (χ4n) is 4.22. The van der Waals surface area contributed by atoms with Gasteiger partial charge in [-0.2, -0.15) is 0 Å². The van der Waals surface area contributed by atoms with E-state index in [4.69, 9.17) is 10.7 Å². The van der Waals surface area contributed by atoms with Crippen LogP contribution in [0.3, 0.4) is 0 Å². The van der Waals surface area contributed by atoms with Gasteiger partial charge in [-0.3, -0.25) is 9.89 Å². The number of aryl methyl sites for hydroxylation is 2. The van der Waals surface area contributed by atoms with Gasteiger partial charge in [-0.05, 0) is 96.0 Å². The zero-order valence-electron chi connectivity index (χ0n) is 17.1. The van der Waals surface area contributed by atoms with Gasteiger partial charge in [-0.15, -0.1) is 24.0 Å². The van der Waals surface area contributed by atoms with Crippen LogP contribution in [0.5, 0.6) is 0 Å². The number of piperidine rings is 2. The van der Waals surface area contributed by atoms with Gasteiger partial charge in [0, 0.05) is 11.2 Å². The van der Waals surface area contributed by atoms with Crippen molar-refractivity contribution in [1.82, 2.24) is 9.80 Å². The molecular formula is C21H36IN5. The van der Waals surface area contributed by atoms with Crippen LogP contribution in [0.1, 0.15) is 43.2 Å². The Balaban J connectivity index is 0.00000261. The minimum Gasteiger partial charge on any atom is -0.370 e. The summed E-state index contributed by atoms with van der Waals surface area (Å²) in [6, 6.07) is 6.32. The fraction of sp³-hybridized carbons (Fsp3) is 0.667. The molecule has 0 atom stereocenters. The molecule has 27 heavy (non-hydrogen) atoms. The Labute approximate surface area is 181 Å². The topological polar surface area (TPSA) is 56.9 Å². The molecule has 0 unspecified atom stereocenters. The van der Waals surface area contributed by atoms with Crippen molar-refractivity contribution >= 4 is 35.6 Å². The van der Waals surface area contributed by atoms with Gasteiger partial charge in [-0.25, -0.2) is 0 Å². The van der Waals surface area contributed by atoms with Crippen molar-refractivity contribution in [2.24, 2.45) is 10.7 Å². The predicted molar refractivity (Wildman–Crippen MR) is 126 cm³/mol. The monoisotopic (exact) mass is 485 g/mol. The standard InChI is InChI=1S/C21H35N5.HI/c1-17-7-8-19(15-18(17)2)24-20(22)23-16-21(9-13-25(3)14-10-21)26-11-5-4-6-12-26;/h7-8,15H,4-6,9-14,16H2,1-3H3,(H3,22,23,24);1H. The van der Waals surface area contributed by atoms with E-state index in [1.54, 1.807) is 0 Å². The van der Waals surface area contributed by atoms with Crippen molar-refractivity contribution < 1.29 is 0 Å². The first kappa shape index (κ1) is 22.4. The molecule has 0 aromatic heterocycles. The molecule has 0 aliphatic carbocycles. The molecule has 3 N–H and O–H groups in total. The lowest BCUT2D eigenvalue weighted by Gasteiger charge is -2.49. The predicted octanol–water partition coefficient (Wildman–Crippen LogP) is 3.60. The summed E-state index contributed by atoms with van der Waals surface area (Å²) in [4.78, 5) is 9.93. The van der Waals surface area contributed by atoms with Gasteiger partial charge < -0.3 is 16.0 Å². The van der Waals surface area contributed by atoms with E-state index >= 15 is 0 Å². The average molecular weight is 485 g/mol. The molecule has 0 amide bonds. The first-order chi connectivity index (χ1) is 12.5.